The van der Waals surface area contributed by atoms with Crippen molar-refractivity contribution in [1.29, 1.82) is 0 Å². The number of benzene rings is 2. The van der Waals surface area contributed by atoms with E-state index >= 15 is 0 Å². The average molecular weight is 459 g/mol. The quantitative estimate of drug-likeness (QED) is 0.586. The first kappa shape index (κ1) is 22.0. The van der Waals surface area contributed by atoms with Gasteiger partial charge in [-0.2, -0.15) is 13.2 Å². The highest BCUT2D eigenvalue weighted by atomic mass is 32.2. The molecule has 0 saturated heterocycles. The van der Waals surface area contributed by atoms with Gasteiger partial charge in [-0.1, -0.05) is 18.2 Å². The monoisotopic (exact) mass is 459 g/mol. The lowest BCUT2D eigenvalue weighted by Crippen LogP contribution is -2.29. The molecule has 30 heavy (non-hydrogen) atoms. The van der Waals surface area contributed by atoms with Crippen molar-refractivity contribution in [3.8, 4) is 0 Å². The zero-order valence-corrected chi connectivity index (χ0v) is 16.9. The normalized spacial score (nSPS) is 12.8. The Balaban J connectivity index is 2.01. The van der Waals surface area contributed by atoms with Crippen LogP contribution in [-0.4, -0.2) is 32.9 Å². The molecule has 1 N–H and O–H groups in total. The number of rotatable bonds is 7. The van der Waals surface area contributed by atoms with Crippen LogP contribution in [-0.2, 0) is 32.6 Å². The fourth-order valence-corrected chi connectivity index (χ4v) is 5.32. The third kappa shape index (κ3) is 4.71. The first-order valence-corrected chi connectivity index (χ1v) is 11.5. The molecule has 3 rings (SSSR count). The molecule has 7 nitrogen and oxygen atoms in total. The largest absolute Gasteiger partial charge is 0.417 e. The summed E-state index contributed by atoms with van der Waals surface area (Å²) >= 11 is 0. The van der Waals surface area contributed by atoms with Crippen molar-refractivity contribution in [2.45, 2.75) is 27.4 Å². The second-order valence-corrected chi connectivity index (χ2v) is 9.86. The van der Waals surface area contributed by atoms with Gasteiger partial charge in [0.15, 0.2) is 0 Å². The van der Waals surface area contributed by atoms with E-state index in [0.29, 0.717) is 12.1 Å². The number of nitrogens with one attached hydrogen (secondary N) is 1. The Morgan fingerprint density at radius 1 is 0.967 bits per heavy atom. The van der Waals surface area contributed by atoms with Crippen LogP contribution in [0.1, 0.15) is 5.56 Å². The Morgan fingerprint density at radius 3 is 2.27 bits per heavy atom. The molecule has 0 amide bonds. The minimum Gasteiger partial charge on any atom is -0.336 e. The lowest BCUT2D eigenvalue weighted by molar-refractivity contribution is -0.139. The van der Waals surface area contributed by atoms with Crippen molar-refractivity contribution in [1.82, 2.24) is 14.3 Å². The Hall–Kier alpha value is -2.70. The van der Waals surface area contributed by atoms with E-state index in [0.717, 1.165) is 6.07 Å². The molecule has 1 aromatic heterocycles. The summed E-state index contributed by atoms with van der Waals surface area (Å²) in [6.07, 6.45) is -0.553. The minimum atomic E-state index is -5.00. The van der Waals surface area contributed by atoms with Crippen molar-refractivity contribution >= 4 is 19.9 Å². The predicted molar refractivity (Wildman–Crippen MR) is 101 cm³/mol. The highest BCUT2D eigenvalue weighted by Gasteiger charge is 2.38. The maximum absolute atomic E-state index is 13.4. The number of nitrogens with zero attached hydrogens (tertiary/aromatic N) is 2. The Morgan fingerprint density at radius 2 is 1.67 bits per heavy atom. The van der Waals surface area contributed by atoms with Crippen LogP contribution in [0, 0.1) is 0 Å². The molecule has 0 aliphatic carbocycles. The molecule has 0 bridgehead atoms. The van der Waals surface area contributed by atoms with E-state index in [1.54, 1.807) is 12.3 Å². The summed E-state index contributed by atoms with van der Waals surface area (Å²) in [5.74, 6) is 0. The number of hydrogen-bond donors (Lipinski definition) is 1. The summed E-state index contributed by atoms with van der Waals surface area (Å²) in [4.78, 5) is 1.90. The Kier molecular flexibility index (Phi) is 6.01. The molecule has 0 unspecified atom stereocenters. The molecule has 1 heterocycles. The van der Waals surface area contributed by atoms with E-state index in [-0.39, 0.29) is 18.0 Å². The topological polar surface area (TPSA) is 98.1 Å². The first-order valence-electron chi connectivity index (χ1n) is 8.48. The predicted octanol–water partition coefficient (Wildman–Crippen LogP) is 2.71. The molecule has 0 aliphatic rings. The zero-order valence-electron chi connectivity index (χ0n) is 15.2. The smallest absolute Gasteiger partial charge is 0.336 e. The second-order valence-electron chi connectivity index (χ2n) is 6.17. The lowest BCUT2D eigenvalue weighted by atomic mass is 10.2. The molecule has 0 aliphatic heterocycles. The van der Waals surface area contributed by atoms with Crippen LogP contribution in [0.15, 0.2) is 81.9 Å². The van der Waals surface area contributed by atoms with Crippen LogP contribution in [0.25, 0.3) is 0 Å². The Labute approximate surface area is 171 Å². The minimum absolute atomic E-state index is 0.128. The first-order chi connectivity index (χ1) is 14.0. The zero-order chi connectivity index (χ0) is 22.0. The number of sulfonamides is 1. The van der Waals surface area contributed by atoms with E-state index < -0.39 is 41.4 Å². The summed E-state index contributed by atoms with van der Waals surface area (Å²) in [5, 5.41) is 0. The average Bonchev–Trinajstić information content (AvgIpc) is 3.21. The second kappa shape index (κ2) is 8.20. The fourth-order valence-electron chi connectivity index (χ4n) is 2.67. The van der Waals surface area contributed by atoms with E-state index in [4.69, 9.17) is 0 Å². The molecule has 0 saturated carbocycles. The number of halogens is 3. The van der Waals surface area contributed by atoms with Crippen molar-refractivity contribution in [2.24, 2.45) is 0 Å². The summed E-state index contributed by atoms with van der Waals surface area (Å²) < 4.78 is 94.6. The van der Waals surface area contributed by atoms with Gasteiger partial charge in [-0.05, 0) is 30.3 Å². The maximum atomic E-state index is 13.4. The van der Waals surface area contributed by atoms with Gasteiger partial charge in [-0.15, -0.1) is 0 Å². The maximum Gasteiger partial charge on any atom is 0.417 e. The van der Waals surface area contributed by atoms with Crippen molar-refractivity contribution in [3.63, 3.8) is 0 Å². The van der Waals surface area contributed by atoms with Crippen LogP contribution in [0.2, 0.25) is 0 Å². The molecule has 0 fully saturated rings. The van der Waals surface area contributed by atoms with Crippen molar-refractivity contribution < 1.29 is 30.0 Å². The van der Waals surface area contributed by atoms with E-state index in [2.05, 4.69) is 9.71 Å². The summed E-state index contributed by atoms with van der Waals surface area (Å²) in [6.45, 7) is -0.0890. The van der Waals surface area contributed by atoms with Crippen LogP contribution in [0.3, 0.4) is 0 Å². The van der Waals surface area contributed by atoms with E-state index in [9.17, 15) is 30.0 Å². The molecule has 0 atom stereocenters. The SMILES string of the molecule is O=S(=O)(NCCn1ccnc1)c1cc(S(=O)(=O)c2ccccc2)ccc1C(F)(F)F. The van der Waals surface area contributed by atoms with E-state index in [1.165, 1.54) is 41.4 Å². The van der Waals surface area contributed by atoms with Crippen LogP contribution < -0.4 is 4.72 Å². The summed E-state index contributed by atoms with van der Waals surface area (Å²) in [7, 11) is -8.87. The Bertz CT molecular complexity index is 1230. The van der Waals surface area contributed by atoms with Gasteiger partial charge in [-0.25, -0.2) is 26.5 Å². The highest BCUT2D eigenvalue weighted by Crippen LogP contribution is 2.36. The number of imidazole rings is 1. The molecular weight excluding hydrogens is 443 g/mol. The van der Waals surface area contributed by atoms with Crippen LogP contribution in [0.5, 0.6) is 0 Å². The number of sulfone groups is 1. The third-order valence-corrected chi connectivity index (χ3v) is 7.40. The molecule has 12 heteroatoms. The standard InChI is InChI=1S/C18H16F3N3O4S2/c19-18(20,21)16-7-6-15(29(25,26)14-4-2-1-3-5-14)12-17(16)30(27,28)23-9-11-24-10-8-22-13-24/h1-8,10,12-13,23H,9,11H2. The van der Waals surface area contributed by atoms with Gasteiger partial charge >= 0.3 is 6.18 Å². The summed E-state index contributed by atoms with van der Waals surface area (Å²) in [5.41, 5.74) is -1.45. The highest BCUT2D eigenvalue weighted by molar-refractivity contribution is 7.91. The fraction of sp³-hybridized carbons (Fsp3) is 0.167. The van der Waals surface area contributed by atoms with Crippen molar-refractivity contribution in [2.75, 3.05) is 6.54 Å². The van der Waals surface area contributed by atoms with Gasteiger partial charge in [0.1, 0.15) is 0 Å². The van der Waals surface area contributed by atoms with Gasteiger partial charge in [0.25, 0.3) is 0 Å². The molecule has 2 aromatic carbocycles. The van der Waals surface area contributed by atoms with Gasteiger partial charge in [0.2, 0.25) is 19.9 Å². The molecular formula is C18H16F3N3O4S2. The van der Waals surface area contributed by atoms with Gasteiger partial charge in [0.05, 0.1) is 26.6 Å². The number of alkyl halides is 3. The van der Waals surface area contributed by atoms with Gasteiger partial charge in [-0.3, -0.25) is 0 Å². The number of aromatic nitrogens is 2. The molecule has 160 valence electrons. The van der Waals surface area contributed by atoms with Crippen LogP contribution in [0.4, 0.5) is 13.2 Å². The third-order valence-electron chi connectivity index (χ3n) is 4.13. The number of hydrogen-bond acceptors (Lipinski definition) is 5. The molecule has 3 aromatic rings. The molecule has 0 spiro atoms. The molecule has 0 radical (unpaired) electrons. The van der Waals surface area contributed by atoms with Gasteiger partial charge in [0, 0.05) is 25.5 Å². The van der Waals surface area contributed by atoms with E-state index in [1.807, 2.05) is 0 Å². The lowest BCUT2D eigenvalue weighted by Gasteiger charge is -2.16. The van der Waals surface area contributed by atoms with Gasteiger partial charge < -0.3 is 4.57 Å². The van der Waals surface area contributed by atoms with Crippen molar-refractivity contribution in [3.05, 3.63) is 72.8 Å². The summed E-state index contributed by atoms with van der Waals surface area (Å²) in [6, 6.07) is 8.75. The van der Waals surface area contributed by atoms with Crippen LogP contribution >= 0.6 is 0 Å².